The minimum Gasteiger partial charge on any atom is -0.270 e. The summed E-state index contributed by atoms with van der Waals surface area (Å²) in [6.07, 6.45) is 0. The number of fused-ring (bicyclic) bond motifs is 1. The molecule has 0 fully saturated rings. The van der Waals surface area contributed by atoms with Crippen molar-refractivity contribution in [3.8, 4) is 0 Å². The summed E-state index contributed by atoms with van der Waals surface area (Å²) in [5.74, 6) is 0. The van der Waals surface area contributed by atoms with Crippen LogP contribution < -0.4 is 0 Å². The van der Waals surface area contributed by atoms with E-state index in [-0.39, 0.29) is 45.9 Å². The molecule has 0 aliphatic rings. The minimum absolute atomic E-state index is 0.00718. The first-order valence-electron chi connectivity index (χ1n) is 5.19. The third kappa shape index (κ3) is 2.77. The third-order valence-corrected chi connectivity index (χ3v) is 7.37. The molecule has 0 aliphatic carbocycles. The maximum Gasteiger partial charge on any atom is 0.299 e. The molecule has 2 aromatic carbocycles. The molecule has 0 aromatic heterocycles. The quantitative estimate of drug-likeness (QED) is 0.281. The molecule has 0 heterocycles. The molecule has 0 atom stereocenters. The van der Waals surface area contributed by atoms with Crippen LogP contribution in [-0.4, -0.2) is 15.5 Å². The summed E-state index contributed by atoms with van der Waals surface area (Å²) in [4.78, 5) is -0.535. The highest BCUT2D eigenvalue weighted by atomic mass is 35.5. The molecule has 0 saturated carbocycles. The molecule has 11 heteroatoms. The molecule has 0 unspecified atom stereocenters. The molecular formula is C11H3Cl7O3S. The fourth-order valence-corrected chi connectivity index (χ4v) is 5.14. The topological polar surface area (TPSA) is 43.4 Å². The zero-order valence-corrected chi connectivity index (χ0v) is 16.4. The van der Waals surface area contributed by atoms with Crippen LogP contribution in [-0.2, 0) is 14.3 Å². The number of hydrogen-bond acceptors (Lipinski definition) is 3. The second kappa shape index (κ2) is 6.51. The minimum atomic E-state index is -4.25. The van der Waals surface area contributed by atoms with Crippen molar-refractivity contribution >= 4 is 102 Å². The first-order chi connectivity index (χ1) is 10.1. The molecule has 0 N–H and O–H groups in total. The second-order valence-electron chi connectivity index (χ2n) is 3.90. The second-order valence-corrected chi connectivity index (χ2v) is 8.19. The molecule has 2 rings (SSSR count). The van der Waals surface area contributed by atoms with Gasteiger partial charge in [-0.25, -0.2) is 0 Å². The van der Waals surface area contributed by atoms with Crippen LogP contribution in [0.3, 0.4) is 0 Å². The van der Waals surface area contributed by atoms with Crippen molar-refractivity contribution in [1.82, 2.24) is 0 Å². The van der Waals surface area contributed by atoms with Gasteiger partial charge in [0.2, 0.25) is 0 Å². The summed E-state index contributed by atoms with van der Waals surface area (Å²) in [6.45, 7) is 0. The van der Waals surface area contributed by atoms with E-state index in [4.69, 9.17) is 81.2 Å². The molecule has 3 nitrogen and oxygen atoms in total. The van der Waals surface area contributed by atoms with Gasteiger partial charge in [-0.1, -0.05) is 81.2 Å². The van der Waals surface area contributed by atoms with Crippen molar-refractivity contribution in [2.75, 3.05) is 7.11 Å². The van der Waals surface area contributed by atoms with Gasteiger partial charge in [-0.3, -0.25) is 4.18 Å². The Bertz CT molecular complexity index is 909. The predicted octanol–water partition coefficient (Wildman–Crippen LogP) is 6.75. The molecule has 0 aliphatic heterocycles. The fraction of sp³-hybridized carbons (Fsp3) is 0.0909. The Labute approximate surface area is 161 Å². The van der Waals surface area contributed by atoms with Crippen molar-refractivity contribution < 1.29 is 12.6 Å². The van der Waals surface area contributed by atoms with Gasteiger partial charge in [0.15, 0.2) is 0 Å². The molecule has 0 bridgehead atoms. The highest BCUT2D eigenvalue weighted by Crippen LogP contribution is 2.52. The fourth-order valence-electron chi connectivity index (χ4n) is 1.77. The average Bonchev–Trinajstić information content (AvgIpc) is 2.46. The van der Waals surface area contributed by atoms with Gasteiger partial charge in [-0.05, 0) is 0 Å². The summed E-state index contributed by atoms with van der Waals surface area (Å²) in [5.41, 5.74) is 0. The summed E-state index contributed by atoms with van der Waals surface area (Å²) >= 11 is 42.4. The molecule has 0 spiro atoms. The largest absolute Gasteiger partial charge is 0.299 e. The van der Waals surface area contributed by atoms with Crippen LogP contribution >= 0.6 is 81.2 Å². The van der Waals surface area contributed by atoms with Crippen molar-refractivity contribution in [3.63, 3.8) is 0 Å². The van der Waals surface area contributed by atoms with Gasteiger partial charge in [0.1, 0.15) is 4.90 Å². The van der Waals surface area contributed by atoms with Crippen LogP contribution in [0.4, 0.5) is 0 Å². The van der Waals surface area contributed by atoms with Crippen molar-refractivity contribution in [2.45, 2.75) is 4.90 Å². The van der Waals surface area contributed by atoms with Crippen LogP contribution in [0.15, 0.2) is 4.90 Å². The summed E-state index contributed by atoms with van der Waals surface area (Å²) < 4.78 is 28.4. The summed E-state index contributed by atoms with van der Waals surface area (Å²) in [6, 6.07) is 0. The zero-order chi connectivity index (χ0) is 17.0. The van der Waals surface area contributed by atoms with Crippen molar-refractivity contribution in [2.24, 2.45) is 0 Å². The first kappa shape index (κ1) is 19.0. The van der Waals surface area contributed by atoms with E-state index < -0.39 is 15.0 Å². The highest BCUT2D eigenvalue weighted by Gasteiger charge is 2.30. The first-order valence-corrected chi connectivity index (χ1v) is 9.24. The van der Waals surface area contributed by atoms with Gasteiger partial charge in [0.05, 0.1) is 42.3 Å². The summed E-state index contributed by atoms with van der Waals surface area (Å²) in [5, 5.41) is -1.10. The Morgan fingerprint density at radius 2 is 1.00 bits per heavy atom. The van der Waals surface area contributed by atoms with E-state index in [1.165, 1.54) is 0 Å². The van der Waals surface area contributed by atoms with E-state index in [1.807, 2.05) is 0 Å². The Hall–Kier alpha value is 0.640. The van der Waals surface area contributed by atoms with Crippen LogP contribution in [0.5, 0.6) is 0 Å². The number of benzene rings is 2. The van der Waals surface area contributed by atoms with Gasteiger partial charge in [0.25, 0.3) is 10.1 Å². The third-order valence-electron chi connectivity index (χ3n) is 2.77. The summed E-state index contributed by atoms with van der Waals surface area (Å²) in [7, 11) is -3.30. The van der Waals surface area contributed by atoms with Gasteiger partial charge in [-0.15, -0.1) is 0 Å². The van der Waals surface area contributed by atoms with E-state index in [2.05, 4.69) is 4.18 Å². The van der Waals surface area contributed by atoms with Crippen LogP contribution in [0.1, 0.15) is 0 Å². The lowest BCUT2D eigenvalue weighted by molar-refractivity contribution is 0.398. The van der Waals surface area contributed by atoms with Crippen LogP contribution in [0, 0.1) is 0 Å². The van der Waals surface area contributed by atoms with Crippen LogP contribution in [0.2, 0.25) is 35.2 Å². The van der Waals surface area contributed by atoms with Gasteiger partial charge >= 0.3 is 0 Å². The maximum absolute atomic E-state index is 12.0. The standard InChI is InChI=1S/C11H3Cl7O3S/c1-21-22(19,20)11-7(15)3-2(6(14)10(11)18)4(12)8(16)9(17)5(3)13/h1H3. The molecule has 0 saturated heterocycles. The number of rotatable bonds is 2. The lowest BCUT2D eigenvalue weighted by Gasteiger charge is -2.16. The maximum atomic E-state index is 12.0. The van der Waals surface area contributed by atoms with Gasteiger partial charge in [-0.2, -0.15) is 8.42 Å². The van der Waals surface area contributed by atoms with E-state index in [0.29, 0.717) is 0 Å². The average molecular weight is 463 g/mol. The lowest BCUT2D eigenvalue weighted by atomic mass is 10.1. The Morgan fingerprint density at radius 3 is 1.41 bits per heavy atom. The Kier molecular flexibility index (Phi) is 5.61. The molecule has 0 amide bonds. The van der Waals surface area contributed by atoms with Crippen LogP contribution in [0.25, 0.3) is 10.8 Å². The zero-order valence-electron chi connectivity index (χ0n) is 10.3. The molecule has 0 radical (unpaired) electrons. The lowest BCUT2D eigenvalue weighted by Crippen LogP contribution is -2.06. The van der Waals surface area contributed by atoms with Gasteiger partial charge in [0, 0.05) is 10.8 Å². The molecule has 2 aromatic rings. The highest BCUT2D eigenvalue weighted by molar-refractivity contribution is 7.87. The Balaban J connectivity index is 3.23. The van der Waals surface area contributed by atoms with E-state index in [1.54, 1.807) is 0 Å². The number of halogens is 7. The molecular weight excluding hydrogens is 460 g/mol. The molecule has 22 heavy (non-hydrogen) atoms. The smallest absolute Gasteiger partial charge is 0.270 e. The number of hydrogen-bond donors (Lipinski definition) is 0. The van der Waals surface area contributed by atoms with E-state index >= 15 is 0 Å². The van der Waals surface area contributed by atoms with Crippen molar-refractivity contribution in [3.05, 3.63) is 35.2 Å². The monoisotopic (exact) mass is 460 g/mol. The van der Waals surface area contributed by atoms with Gasteiger partial charge < -0.3 is 0 Å². The molecule has 120 valence electrons. The van der Waals surface area contributed by atoms with E-state index in [9.17, 15) is 8.42 Å². The SMILES string of the molecule is COS(=O)(=O)c1c(Cl)c(Cl)c2c(Cl)c(Cl)c(Cl)c(Cl)c2c1Cl. The van der Waals surface area contributed by atoms with Crippen molar-refractivity contribution in [1.29, 1.82) is 0 Å². The van der Waals surface area contributed by atoms with E-state index in [0.717, 1.165) is 7.11 Å². The normalized spacial score (nSPS) is 12.2. The Morgan fingerprint density at radius 1 is 0.636 bits per heavy atom. The predicted molar refractivity (Wildman–Crippen MR) is 93.2 cm³/mol.